The molecular formula is C17H32N4O3. The second kappa shape index (κ2) is 10.5. The predicted octanol–water partition coefficient (Wildman–Crippen LogP) is 0.703. The maximum absolute atomic E-state index is 12.3. The maximum atomic E-state index is 12.3. The fourth-order valence-corrected chi connectivity index (χ4v) is 3.43. The maximum Gasteiger partial charge on any atom is 0.317 e. The molecule has 3 amide bonds. The summed E-state index contributed by atoms with van der Waals surface area (Å²) in [6.45, 7) is 4.07. The highest BCUT2D eigenvalue weighted by molar-refractivity contribution is 5.80. The number of piperidine rings is 1. The molecule has 2 fully saturated rings. The molecule has 1 heterocycles. The Kier molecular flexibility index (Phi) is 8.32. The Balaban J connectivity index is 1.65. The molecule has 0 radical (unpaired) electrons. The third-order valence-corrected chi connectivity index (χ3v) is 4.85. The first-order chi connectivity index (χ1) is 11.7. The number of carbonyl (C=O) groups is 2. The van der Waals surface area contributed by atoms with Gasteiger partial charge in [0.1, 0.15) is 0 Å². The number of likely N-dealkylation sites (tertiary alicyclic amines) is 1. The Labute approximate surface area is 144 Å². The molecule has 1 saturated heterocycles. The number of methoxy groups -OCH3 is 1. The first-order valence-electron chi connectivity index (χ1n) is 9.23. The first kappa shape index (κ1) is 19.0. The fourth-order valence-electron chi connectivity index (χ4n) is 3.43. The fraction of sp³-hybridized carbons (Fsp3) is 0.882. The van der Waals surface area contributed by atoms with Crippen molar-refractivity contribution in [2.75, 3.05) is 46.4 Å². The van der Waals surface area contributed by atoms with Gasteiger partial charge in [0.05, 0.1) is 12.5 Å². The Morgan fingerprint density at radius 1 is 1.08 bits per heavy atom. The van der Waals surface area contributed by atoms with E-state index in [1.54, 1.807) is 7.11 Å². The number of nitrogens with one attached hydrogen (secondary N) is 3. The van der Waals surface area contributed by atoms with Gasteiger partial charge < -0.3 is 25.6 Å². The Bertz CT molecular complexity index is 399. The number of amides is 3. The summed E-state index contributed by atoms with van der Waals surface area (Å²) in [4.78, 5) is 26.4. The van der Waals surface area contributed by atoms with Crippen LogP contribution in [-0.4, -0.2) is 69.3 Å². The van der Waals surface area contributed by atoms with Crippen molar-refractivity contribution in [1.29, 1.82) is 0 Å². The van der Waals surface area contributed by atoms with Crippen LogP contribution in [0, 0.1) is 5.92 Å². The van der Waals surface area contributed by atoms with E-state index in [-0.39, 0.29) is 17.9 Å². The smallest absolute Gasteiger partial charge is 0.317 e. The zero-order valence-corrected chi connectivity index (χ0v) is 14.8. The summed E-state index contributed by atoms with van der Waals surface area (Å²) in [5.41, 5.74) is 0. The zero-order valence-electron chi connectivity index (χ0n) is 14.8. The van der Waals surface area contributed by atoms with Gasteiger partial charge in [0.15, 0.2) is 0 Å². The number of hydrogen-bond donors (Lipinski definition) is 3. The molecule has 1 aliphatic heterocycles. The standard InChI is InChI=1S/C17H32N4O3/c1-24-12-10-18-8-9-19-16(22)14-5-4-11-21(13-14)17(23)20-15-6-2-3-7-15/h14-15,18H,2-13H2,1H3,(H,19,22)(H,20,23). The molecule has 1 atom stereocenters. The van der Waals surface area contributed by atoms with Crippen LogP contribution in [0.2, 0.25) is 0 Å². The van der Waals surface area contributed by atoms with Gasteiger partial charge in [-0.25, -0.2) is 4.79 Å². The molecule has 2 aliphatic rings. The van der Waals surface area contributed by atoms with Crippen LogP contribution in [0.3, 0.4) is 0 Å². The molecule has 3 N–H and O–H groups in total. The van der Waals surface area contributed by atoms with Gasteiger partial charge in [0.25, 0.3) is 0 Å². The van der Waals surface area contributed by atoms with Crippen molar-refractivity contribution >= 4 is 11.9 Å². The first-order valence-corrected chi connectivity index (χ1v) is 9.23. The van der Waals surface area contributed by atoms with Gasteiger partial charge in [-0.2, -0.15) is 0 Å². The average Bonchev–Trinajstić information content (AvgIpc) is 3.11. The van der Waals surface area contributed by atoms with Crippen molar-refractivity contribution in [1.82, 2.24) is 20.9 Å². The van der Waals surface area contributed by atoms with Gasteiger partial charge >= 0.3 is 6.03 Å². The second-order valence-electron chi connectivity index (χ2n) is 6.75. The van der Waals surface area contributed by atoms with Crippen LogP contribution >= 0.6 is 0 Å². The highest BCUT2D eigenvalue weighted by atomic mass is 16.5. The lowest BCUT2D eigenvalue weighted by Crippen LogP contribution is -2.51. The van der Waals surface area contributed by atoms with Crippen LogP contribution < -0.4 is 16.0 Å². The van der Waals surface area contributed by atoms with Gasteiger partial charge in [0, 0.05) is 45.9 Å². The van der Waals surface area contributed by atoms with Crippen LogP contribution in [0.25, 0.3) is 0 Å². The molecule has 138 valence electrons. The van der Waals surface area contributed by atoms with Crippen molar-refractivity contribution in [3.63, 3.8) is 0 Å². The summed E-state index contributed by atoms with van der Waals surface area (Å²) < 4.78 is 4.95. The number of urea groups is 1. The molecule has 1 unspecified atom stereocenters. The highest BCUT2D eigenvalue weighted by Crippen LogP contribution is 2.20. The Hall–Kier alpha value is -1.34. The lowest BCUT2D eigenvalue weighted by atomic mass is 9.97. The second-order valence-corrected chi connectivity index (χ2v) is 6.75. The summed E-state index contributed by atoms with van der Waals surface area (Å²) in [6, 6.07) is 0.325. The SMILES string of the molecule is COCCNCCNC(=O)C1CCCN(C(=O)NC2CCCC2)C1. The minimum Gasteiger partial charge on any atom is -0.383 e. The van der Waals surface area contributed by atoms with E-state index in [9.17, 15) is 9.59 Å². The number of nitrogens with zero attached hydrogens (tertiary/aromatic N) is 1. The van der Waals surface area contributed by atoms with E-state index < -0.39 is 0 Å². The summed E-state index contributed by atoms with van der Waals surface area (Å²) in [5, 5.41) is 9.27. The molecule has 0 aromatic rings. The summed E-state index contributed by atoms with van der Waals surface area (Å²) in [7, 11) is 1.67. The van der Waals surface area contributed by atoms with Gasteiger partial charge in [-0.15, -0.1) is 0 Å². The van der Waals surface area contributed by atoms with Crippen molar-refractivity contribution < 1.29 is 14.3 Å². The van der Waals surface area contributed by atoms with E-state index in [1.807, 2.05) is 4.90 Å². The number of carbonyl (C=O) groups excluding carboxylic acids is 2. The Morgan fingerprint density at radius 3 is 2.62 bits per heavy atom. The lowest BCUT2D eigenvalue weighted by Gasteiger charge is -2.33. The molecule has 1 saturated carbocycles. The summed E-state index contributed by atoms with van der Waals surface area (Å²) in [5.74, 6) is -0.0334. The third kappa shape index (κ3) is 6.28. The van der Waals surface area contributed by atoms with Gasteiger partial charge in [-0.3, -0.25) is 4.79 Å². The average molecular weight is 340 g/mol. The molecule has 0 aromatic carbocycles. The summed E-state index contributed by atoms with van der Waals surface area (Å²) >= 11 is 0. The van der Waals surface area contributed by atoms with Crippen LogP contribution in [0.5, 0.6) is 0 Å². The van der Waals surface area contributed by atoms with Crippen LogP contribution in [0.1, 0.15) is 38.5 Å². The molecule has 7 nitrogen and oxygen atoms in total. The highest BCUT2D eigenvalue weighted by Gasteiger charge is 2.29. The zero-order chi connectivity index (χ0) is 17.2. The quantitative estimate of drug-likeness (QED) is 0.568. The molecule has 0 aromatic heterocycles. The number of rotatable bonds is 8. The topological polar surface area (TPSA) is 82.7 Å². The molecule has 0 bridgehead atoms. The van der Waals surface area contributed by atoms with Crippen molar-refractivity contribution in [2.24, 2.45) is 5.92 Å². The normalized spacial score (nSPS) is 21.7. The lowest BCUT2D eigenvalue weighted by molar-refractivity contribution is -0.126. The monoisotopic (exact) mass is 340 g/mol. The molecule has 7 heteroatoms. The van der Waals surface area contributed by atoms with Crippen LogP contribution in [-0.2, 0) is 9.53 Å². The van der Waals surface area contributed by atoms with E-state index >= 15 is 0 Å². The van der Waals surface area contributed by atoms with Gasteiger partial charge in [0.2, 0.25) is 5.91 Å². The van der Waals surface area contributed by atoms with Crippen LogP contribution in [0.4, 0.5) is 4.79 Å². The molecule has 0 spiro atoms. The van der Waals surface area contributed by atoms with E-state index in [0.29, 0.717) is 25.7 Å². The van der Waals surface area contributed by atoms with Crippen molar-refractivity contribution in [2.45, 2.75) is 44.6 Å². The minimum atomic E-state index is -0.0907. The van der Waals surface area contributed by atoms with E-state index in [4.69, 9.17) is 4.74 Å². The molecule has 24 heavy (non-hydrogen) atoms. The molecule has 2 rings (SSSR count). The third-order valence-electron chi connectivity index (χ3n) is 4.85. The summed E-state index contributed by atoms with van der Waals surface area (Å²) in [6.07, 6.45) is 6.32. The van der Waals surface area contributed by atoms with E-state index in [2.05, 4.69) is 16.0 Å². The van der Waals surface area contributed by atoms with Crippen LogP contribution in [0.15, 0.2) is 0 Å². The van der Waals surface area contributed by atoms with Crippen molar-refractivity contribution in [3.05, 3.63) is 0 Å². The van der Waals surface area contributed by atoms with Crippen molar-refractivity contribution in [3.8, 4) is 0 Å². The molecular weight excluding hydrogens is 308 g/mol. The minimum absolute atomic E-state index is 0.000585. The van der Waals surface area contributed by atoms with Gasteiger partial charge in [-0.1, -0.05) is 12.8 Å². The predicted molar refractivity (Wildman–Crippen MR) is 92.8 cm³/mol. The largest absolute Gasteiger partial charge is 0.383 e. The van der Waals surface area contributed by atoms with E-state index in [1.165, 1.54) is 12.8 Å². The number of ether oxygens (including phenoxy) is 1. The molecule has 1 aliphatic carbocycles. The van der Waals surface area contributed by atoms with E-state index in [0.717, 1.165) is 45.3 Å². The van der Waals surface area contributed by atoms with Gasteiger partial charge in [-0.05, 0) is 25.7 Å². The Morgan fingerprint density at radius 2 is 1.88 bits per heavy atom. The number of hydrogen-bond acceptors (Lipinski definition) is 4.